The molecule has 0 fully saturated rings. The van der Waals surface area contributed by atoms with E-state index in [-0.39, 0.29) is 6.04 Å². The Labute approximate surface area is 111 Å². The number of hydrogen-bond acceptors (Lipinski definition) is 1. The van der Waals surface area contributed by atoms with Crippen LogP contribution in [-0.4, -0.2) is 6.04 Å². The van der Waals surface area contributed by atoms with Crippen molar-refractivity contribution in [3.63, 3.8) is 0 Å². The van der Waals surface area contributed by atoms with E-state index in [1.165, 1.54) is 42.4 Å². The summed E-state index contributed by atoms with van der Waals surface area (Å²) in [6.07, 6.45) is 9.71. The van der Waals surface area contributed by atoms with Crippen molar-refractivity contribution in [3.05, 3.63) is 46.5 Å². The Morgan fingerprint density at radius 2 is 1.78 bits per heavy atom. The summed E-state index contributed by atoms with van der Waals surface area (Å²) in [4.78, 5) is 0. The Hall–Kier alpha value is -1.08. The van der Waals surface area contributed by atoms with Gasteiger partial charge >= 0.3 is 0 Å². The molecular weight excluding hydrogens is 218 g/mol. The second kappa shape index (κ2) is 6.19. The summed E-state index contributed by atoms with van der Waals surface area (Å²) in [5, 5.41) is 0. The first-order valence-electron chi connectivity index (χ1n) is 7.14. The van der Waals surface area contributed by atoms with Crippen LogP contribution in [0.15, 0.2) is 29.8 Å². The van der Waals surface area contributed by atoms with Crippen LogP contribution < -0.4 is 5.73 Å². The molecule has 98 valence electrons. The normalized spacial score (nSPS) is 17.4. The highest BCUT2D eigenvalue weighted by Crippen LogP contribution is 2.22. The zero-order chi connectivity index (χ0) is 13.0. The maximum absolute atomic E-state index is 6.30. The molecule has 1 aliphatic carbocycles. The van der Waals surface area contributed by atoms with E-state index in [1.807, 2.05) is 0 Å². The smallest absolute Gasteiger partial charge is 0.0117 e. The molecule has 1 aromatic rings. The predicted octanol–water partition coefficient (Wildman–Crippen LogP) is 4.06. The molecule has 1 aliphatic rings. The number of allylic oxidation sites excluding steroid dienone is 1. The number of rotatable bonds is 4. The van der Waals surface area contributed by atoms with Gasteiger partial charge in [-0.05, 0) is 57.9 Å². The lowest BCUT2D eigenvalue weighted by molar-refractivity contribution is 0.605. The molecule has 0 aliphatic heterocycles. The molecule has 0 heterocycles. The van der Waals surface area contributed by atoms with Crippen LogP contribution in [0.4, 0.5) is 0 Å². The van der Waals surface area contributed by atoms with Crippen LogP contribution in [0.1, 0.15) is 48.8 Å². The summed E-state index contributed by atoms with van der Waals surface area (Å²) < 4.78 is 0. The van der Waals surface area contributed by atoms with E-state index in [9.17, 15) is 0 Å². The van der Waals surface area contributed by atoms with Crippen molar-refractivity contribution in [2.75, 3.05) is 0 Å². The molecule has 2 N–H and O–H groups in total. The fraction of sp³-hybridized carbons (Fsp3) is 0.529. The average Bonchev–Trinajstić information content (AvgIpc) is 2.28. The third-order valence-electron chi connectivity index (χ3n) is 3.69. The highest BCUT2D eigenvalue weighted by atomic mass is 14.6. The zero-order valence-electron chi connectivity index (χ0n) is 11.7. The van der Waals surface area contributed by atoms with Gasteiger partial charge in [0.2, 0.25) is 0 Å². The van der Waals surface area contributed by atoms with E-state index < -0.39 is 0 Å². The summed E-state index contributed by atoms with van der Waals surface area (Å²) in [7, 11) is 0. The van der Waals surface area contributed by atoms with Crippen molar-refractivity contribution in [2.24, 2.45) is 5.73 Å². The lowest BCUT2D eigenvalue weighted by Crippen LogP contribution is -2.23. The van der Waals surface area contributed by atoms with Crippen LogP contribution in [0.3, 0.4) is 0 Å². The van der Waals surface area contributed by atoms with Crippen LogP contribution in [-0.2, 0) is 6.42 Å². The van der Waals surface area contributed by atoms with Gasteiger partial charge in [0.1, 0.15) is 0 Å². The fourth-order valence-corrected chi connectivity index (χ4v) is 2.99. The Balaban J connectivity index is 1.93. The van der Waals surface area contributed by atoms with Gasteiger partial charge in [-0.1, -0.05) is 41.0 Å². The maximum atomic E-state index is 6.30. The van der Waals surface area contributed by atoms with Crippen molar-refractivity contribution in [1.29, 1.82) is 0 Å². The minimum Gasteiger partial charge on any atom is -0.327 e. The fourth-order valence-electron chi connectivity index (χ4n) is 2.99. The van der Waals surface area contributed by atoms with E-state index >= 15 is 0 Å². The number of hydrogen-bond donors (Lipinski definition) is 1. The van der Waals surface area contributed by atoms with E-state index in [1.54, 1.807) is 5.57 Å². The molecule has 1 atom stereocenters. The molecular formula is C17H25N. The molecule has 18 heavy (non-hydrogen) atoms. The van der Waals surface area contributed by atoms with Crippen LogP contribution in [0.2, 0.25) is 0 Å². The van der Waals surface area contributed by atoms with Gasteiger partial charge in [-0.3, -0.25) is 0 Å². The Morgan fingerprint density at radius 1 is 1.06 bits per heavy atom. The molecule has 1 aromatic carbocycles. The highest BCUT2D eigenvalue weighted by Gasteiger charge is 2.10. The van der Waals surface area contributed by atoms with Crippen LogP contribution in [0, 0.1) is 13.8 Å². The lowest BCUT2D eigenvalue weighted by atomic mass is 9.92. The monoisotopic (exact) mass is 243 g/mol. The number of nitrogens with two attached hydrogens (primary N) is 1. The van der Waals surface area contributed by atoms with Gasteiger partial charge in [0.25, 0.3) is 0 Å². The zero-order valence-corrected chi connectivity index (χ0v) is 11.7. The largest absolute Gasteiger partial charge is 0.327 e. The molecule has 0 radical (unpaired) electrons. The molecule has 0 bridgehead atoms. The second-order valence-corrected chi connectivity index (χ2v) is 5.77. The third kappa shape index (κ3) is 3.99. The first-order chi connectivity index (χ1) is 8.63. The van der Waals surface area contributed by atoms with E-state index in [2.05, 4.69) is 38.1 Å². The summed E-state index contributed by atoms with van der Waals surface area (Å²) in [6.45, 7) is 4.32. The molecule has 1 heteroatoms. The third-order valence-corrected chi connectivity index (χ3v) is 3.69. The van der Waals surface area contributed by atoms with Crippen molar-refractivity contribution >= 4 is 0 Å². The molecule has 0 aromatic heterocycles. The van der Waals surface area contributed by atoms with Gasteiger partial charge in [0.05, 0.1) is 0 Å². The standard InChI is InChI=1S/C17H25N/c1-13-8-14(2)10-16(9-13)12-17(18)11-15-6-4-3-5-7-15/h6,8-10,17H,3-5,7,11-12,18H2,1-2H3. The summed E-state index contributed by atoms with van der Waals surface area (Å²) >= 11 is 0. The Bertz CT molecular complexity index is 411. The molecule has 1 unspecified atom stereocenters. The maximum Gasteiger partial charge on any atom is 0.0117 e. The van der Waals surface area contributed by atoms with Crippen molar-refractivity contribution in [3.8, 4) is 0 Å². The molecule has 0 amide bonds. The summed E-state index contributed by atoms with van der Waals surface area (Å²) in [5.74, 6) is 0. The number of benzene rings is 1. The number of aryl methyl sites for hydroxylation is 2. The second-order valence-electron chi connectivity index (χ2n) is 5.77. The summed E-state index contributed by atoms with van der Waals surface area (Å²) in [6, 6.07) is 7.03. The van der Waals surface area contributed by atoms with E-state index in [0.717, 1.165) is 12.8 Å². The molecule has 0 saturated carbocycles. The summed E-state index contributed by atoms with van der Waals surface area (Å²) in [5.41, 5.74) is 11.9. The topological polar surface area (TPSA) is 26.0 Å². The minimum atomic E-state index is 0.274. The van der Waals surface area contributed by atoms with Crippen molar-refractivity contribution in [1.82, 2.24) is 0 Å². The van der Waals surface area contributed by atoms with Crippen molar-refractivity contribution in [2.45, 2.75) is 58.4 Å². The van der Waals surface area contributed by atoms with Gasteiger partial charge < -0.3 is 5.73 Å². The molecule has 2 rings (SSSR count). The van der Waals surface area contributed by atoms with Gasteiger partial charge in [-0.2, -0.15) is 0 Å². The van der Waals surface area contributed by atoms with Gasteiger partial charge in [0, 0.05) is 6.04 Å². The minimum absolute atomic E-state index is 0.274. The first kappa shape index (κ1) is 13.4. The first-order valence-corrected chi connectivity index (χ1v) is 7.14. The quantitative estimate of drug-likeness (QED) is 0.793. The molecule has 0 saturated heterocycles. The SMILES string of the molecule is Cc1cc(C)cc(CC(N)CC2=CCCCC2)c1. The van der Waals surface area contributed by atoms with Crippen molar-refractivity contribution < 1.29 is 0 Å². The highest BCUT2D eigenvalue weighted by molar-refractivity contribution is 5.29. The molecule has 0 spiro atoms. The predicted molar refractivity (Wildman–Crippen MR) is 78.8 cm³/mol. The van der Waals surface area contributed by atoms with Crippen LogP contribution >= 0.6 is 0 Å². The Morgan fingerprint density at radius 3 is 2.39 bits per heavy atom. The van der Waals surface area contributed by atoms with Crippen LogP contribution in [0.25, 0.3) is 0 Å². The van der Waals surface area contributed by atoms with E-state index in [4.69, 9.17) is 5.73 Å². The lowest BCUT2D eigenvalue weighted by Gasteiger charge is -2.18. The van der Waals surface area contributed by atoms with Gasteiger partial charge in [-0.15, -0.1) is 0 Å². The molecule has 1 nitrogen and oxygen atoms in total. The van der Waals surface area contributed by atoms with E-state index in [0.29, 0.717) is 0 Å². The van der Waals surface area contributed by atoms with Gasteiger partial charge in [-0.25, -0.2) is 0 Å². The average molecular weight is 243 g/mol. The Kier molecular flexibility index (Phi) is 4.60. The van der Waals surface area contributed by atoms with Crippen LogP contribution in [0.5, 0.6) is 0 Å². The van der Waals surface area contributed by atoms with Gasteiger partial charge in [0.15, 0.2) is 0 Å².